The topological polar surface area (TPSA) is 49.4 Å². The smallest absolute Gasteiger partial charge is 0.136 e. The zero-order chi connectivity index (χ0) is 40.6. The van der Waals surface area contributed by atoms with Crippen molar-refractivity contribution in [2.45, 2.75) is 32.7 Å². The molecule has 2 unspecified atom stereocenters. The van der Waals surface area contributed by atoms with Gasteiger partial charge in [0.05, 0.1) is 6.04 Å². The van der Waals surface area contributed by atoms with Crippen LogP contribution in [0.25, 0.3) is 75.5 Å². The maximum absolute atomic E-state index is 9.69. The van der Waals surface area contributed by atoms with Crippen molar-refractivity contribution in [3.63, 3.8) is 0 Å². The first-order valence-corrected chi connectivity index (χ1v) is 21.6. The van der Waals surface area contributed by atoms with Gasteiger partial charge in [0, 0.05) is 47.9 Å². The third-order valence-electron chi connectivity index (χ3n) is 12.1. The van der Waals surface area contributed by atoms with Gasteiger partial charge in [-0.25, -0.2) is 0 Å². The normalized spacial score (nSPS) is 13.0. The van der Waals surface area contributed by atoms with Crippen LogP contribution in [0.15, 0.2) is 197 Å². The third-order valence-corrected chi connectivity index (χ3v) is 13.3. The molecule has 10 rings (SSSR count). The van der Waals surface area contributed by atoms with E-state index in [0.29, 0.717) is 12.1 Å². The minimum absolute atomic E-state index is 0.103. The lowest BCUT2D eigenvalue weighted by molar-refractivity contribution is 0.434. The first kappa shape index (κ1) is 37.4. The number of hydrogen-bond donors (Lipinski definition) is 1. The Labute approximate surface area is 354 Å². The lowest BCUT2D eigenvalue weighted by Crippen LogP contribution is -2.17. The van der Waals surface area contributed by atoms with E-state index < -0.39 is 0 Å². The molecule has 2 atom stereocenters. The minimum Gasteiger partial charge on any atom is -0.456 e. The van der Waals surface area contributed by atoms with Crippen molar-refractivity contribution in [2.75, 3.05) is 0 Å². The molecule has 0 spiro atoms. The summed E-state index contributed by atoms with van der Waals surface area (Å²) in [7, 11) is 0. The maximum Gasteiger partial charge on any atom is 0.136 e. The van der Waals surface area contributed by atoms with Crippen LogP contribution >= 0.6 is 11.3 Å². The Kier molecular flexibility index (Phi) is 10.0. The summed E-state index contributed by atoms with van der Waals surface area (Å²) in [5.74, 6) is 0.103. The molecule has 0 aliphatic rings. The van der Waals surface area contributed by atoms with Crippen molar-refractivity contribution in [1.29, 1.82) is 5.41 Å². The summed E-state index contributed by atoms with van der Waals surface area (Å²) >= 11 is 1.86. The average molecular weight is 793 g/mol. The quantitative estimate of drug-likeness (QED) is 0.130. The first-order valence-electron chi connectivity index (χ1n) is 20.8. The second-order valence-electron chi connectivity index (χ2n) is 15.7. The minimum atomic E-state index is -0.119. The molecule has 8 aromatic carbocycles. The fourth-order valence-corrected chi connectivity index (χ4v) is 10.1. The molecule has 60 heavy (non-hydrogen) atoms. The molecule has 1 N–H and O–H groups in total. The summed E-state index contributed by atoms with van der Waals surface area (Å²) in [5, 5.41) is 14.3. The molecule has 0 aliphatic carbocycles. The molecule has 0 fully saturated rings. The summed E-state index contributed by atoms with van der Waals surface area (Å²) in [6.45, 7) is 4.33. The van der Waals surface area contributed by atoms with E-state index in [1.54, 1.807) is 0 Å². The van der Waals surface area contributed by atoms with Gasteiger partial charge in [0.2, 0.25) is 0 Å². The van der Waals surface area contributed by atoms with E-state index in [0.717, 1.165) is 61.9 Å². The van der Waals surface area contributed by atoms with Gasteiger partial charge < -0.3 is 9.83 Å². The van der Waals surface area contributed by atoms with E-state index in [4.69, 9.17) is 9.41 Å². The van der Waals surface area contributed by atoms with Gasteiger partial charge in [-0.15, -0.1) is 11.3 Å². The molecule has 2 aromatic heterocycles. The van der Waals surface area contributed by atoms with Crippen LogP contribution < -0.4 is 0 Å². The van der Waals surface area contributed by atoms with Gasteiger partial charge in [-0.2, -0.15) is 0 Å². The third kappa shape index (κ3) is 7.03. The lowest BCUT2D eigenvalue weighted by Gasteiger charge is -2.25. The summed E-state index contributed by atoms with van der Waals surface area (Å²) < 4.78 is 9.17. The summed E-state index contributed by atoms with van der Waals surface area (Å²) in [5.41, 5.74) is 13.6. The number of nitrogens with zero attached hydrogens (tertiary/aromatic N) is 1. The zero-order valence-corrected chi connectivity index (χ0v) is 34.5. The molecule has 290 valence electrons. The number of nitrogens with one attached hydrogen (secondary N) is 1. The number of benzene rings is 8. The van der Waals surface area contributed by atoms with Gasteiger partial charge in [0.25, 0.3) is 0 Å². The molecule has 0 radical (unpaired) electrons. The molecule has 2 heterocycles. The van der Waals surface area contributed by atoms with E-state index in [9.17, 15) is 5.41 Å². The van der Waals surface area contributed by atoms with Crippen LogP contribution in [-0.4, -0.2) is 11.4 Å². The number of fused-ring (bicyclic) bond motifs is 6. The number of rotatable bonds is 11. The van der Waals surface area contributed by atoms with Crippen LogP contribution in [0.2, 0.25) is 0 Å². The van der Waals surface area contributed by atoms with E-state index in [-0.39, 0.29) is 12.0 Å². The fourth-order valence-electron chi connectivity index (χ4n) is 8.85. The molecular weight excluding hydrogens is 749 g/mol. The van der Waals surface area contributed by atoms with Crippen LogP contribution in [0, 0.1) is 11.3 Å². The number of hydrogen-bond acceptors (Lipinski definition) is 4. The molecule has 0 saturated heterocycles. The molecule has 0 saturated carbocycles. The van der Waals surface area contributed by atoms with Crippen molar-refractivity contribution >= 4 is 64.9 Å². The molecule has 3 nitrogen and oxygen atoms in total. The number of aliphatic imine (C=N–C) groups is 1. The van der Waals surface area contributed by atoms with Crippen LogP contribution in [0.4, 0.5) is 0 Å². The highest BCUT2D eigenvalue weighted by atomic mass is 32.1. The van der Waals surface area contributed by atoms with Crippen LogP contribution in [0.3, 0.4) is 0 Å². The summed E-state index contributed by atoms with van der Waals surface area (Å²) in [6.07, 6.45) is 1.46. The van der Waals surface area contributed by atoms with Crippen LogP contribution in [0.5, 0.6) is 0 Å². The molecule has 0 amide bonds. The highest BCUT2D eigenvalue weighted by Crippen LogP contribution is 2.43. The Hall–Kier alpha value is -6.88. The van der Waals surface area contributed by atoms with Crippen LogP contribution in [-0.2, 0) is 0 Å². The monoisotopic (exact) mass is 792 g/mol. The van der Waals surface area contributed by atoms with E-state index in [1.165, 1.54) is 42.4 Å². The Morgan fingerprint density at radius 2 is 1.22 bits per heavy atom. The van der Waals surface area contributed by atoms with Gasteiger partial charge in [0.15, 0.2) is 0 Å². The summed E-state index contributed by atoms with van der Waals surface area (Å²) in [4.78, 5) is 5.43. The molecule has 0 bridgehead atoms. The van der Waals surface area contributed by atoms with Crippen LogP contribution in [0.1, 0.15) is 49.4 Å². The van der Waals surface area contributed by atoms with E-state index >= 15 is 0 Å². The lowest BCUT2D eigenvalue weighted by atomic mass is 9.84. The average Bonchev–Trinajstić information content (AvgIpc) is 3.89. The standard InChI is InChI=1S/C56H44N2OS/c1-3-37(55(58-36(2)38-15-7-4-8-16-38)42-27-25-40(26-28-42)39-17-9-5-10-18-39)33-50(57)48-23-14-24-51-54(48)49-32-30-43(34-52(49)59-51)44-29-31-46-47-22-13-21-45(41-19-11-6-12-20-41)56(47)60-53(46)35-44/h4-32,34-35,37,55,57H,3,33H2,1-2H3. The van der Waals surface area contributed by atoms with Crippen molar-refractivity contribution in [3.8, 4) is 33.4 Å². The second-order valence-corrected chi connectivity index (χ2v) is 16.8. The Morgan fingerprint density at radius 1 is 0.583 bits per heavy atom. The van der Waals surface area contributed by atoms with Gasteiger partial charge in [0.1, 0.15) is 11.2 Å². The SMILES string of the molecule is CCC(CC(=N)c1cccc2oc3cc(-c4ccc5c(c4)sc4c(-c6ccccc6)cccc45)ccc3c12)C(N=C(C)c1ccccc1)c1ccc(-c2ccccc2)cc1. The molecular formula is C56H44N2OS. The van der Waals surface area contributed by atoms with Gasteiger partial charge in [-0.3, -0.25) is 4.99 Å². The van der Waals surface area contributed by atoms with Gasteiger partial charge in [-0.05, 0) is 88.0 Å². The van der Waals surface area contributed by atoms with E-state index in [1.807, 2.05) is 29.5 Å². The molecule has 4 heteroatoms. The largest absolute Gasteiger partial charge is 0.456 e. The predicted molar refractivity (Wildman–Crippen MR) is 256 cm³/mol. The summed E-state index contributed by atoms with van der Waals surface area (Å²) in [6, 6.07) is 66.4. The van der Waals surface area contributed by atoms with E-state index in [2.05, 4.69) is 184 Å². The van der Waals surface area contributed by atoms with Crippen molar-refractivity contribution in [3.05, 3.63) is 205 Å². The Bertz CT molecular complexity index is 3180. The predicted octanol–water partition coefficient (Wildman–Crippen LogP) is 16.0. The molecule has 10 aromatic rings. The first-order chi connectivity index (χ1) is 29.5. The zero-order valence-electron chi connectivity index (χ0n) is 33.7. The Balaban J connectivity index is 0.976. The second kappa shape index (κ2) is 16.1. The maximum atomic E-state index is 9.69. The van der Waals surface area contributed by atoms with Crippen molar-refractivity contribution < 1.29 is 4.42 Å². The fraction of sp³-hybridized carbons (Fsp3) is 0.107. The van der Waals surface area contributed by atoms with Gasteiger partial charge in [-0.1, -0.05) is 177 Å². The highest BCUT2D eigenvalue weighted by Gasteiger charge is 2.25. The van der Waals surface area contributed by atoms with Gasteiger partial charge >= 0.3 is 0 Å². The van der Waals surface area contributed by atoms with Crippen molar-refractivity contribution in [1.82, 2.24) is 0 Å². The number of furan rings is 1. The Morgan fingerprint density at radius 3 is 1.95 bits per heavy atom. The number of thiophene rings is 1. The highest BCUT2D eigenvalue weighted by molar-refractivity contribution is 7.26. The molecule has 0 aliphatic heterocycles. The van der Waals surface area contributed by atoms with Crippen molar-refractivity contribution in [2.24, 2.45) is 10.9 Å².